The van der Waals surface area contributed by atoms with Crippen LogP contribution in [0.1, 0.15) is 31.4 Å². The van der Waals surface area contributed by atoms with Crippen LogP contribution < -0.4 is 19.7 Å². The number of imidazole rings is 1. The third-order valence-electron chi connectivity index (χ3n) is 6.87. The van der Waals surface area contributed by atoms with Crippen molar-refractivity contribution < 1.29 is 18.3 Å². The van der Waals surface area contributed by atoms with Gasteiger partial charge in [-0.15, -0.1) is 0 Å². The van der Waals surface area contributed by atoms with Crippen LogP contribution in [-0.2, 0) is 6.42 Å². The maximum absolute atomic E-state index is 14.2. The molecular weight excluding hydrogens is 444 g/mol. The molecule has 2 aliphatic heterocycles. The van der Waals surface area contributed by atoms with E-state index in [9.17, 15) is 8.78 Å². The molecule has 1 unspecified atom stereocenters. The molecule has 5 heterocycles. The second-order valence-electron chi connectivity index (χ2n) is 9.06. The minimum atomic E-state index is -2.80. The fraction of sp³-hybridized carbons (Fsp3) is 0.478. The Balaban J connectivity index is 1.22. The Hall–Kier alpha value is -3.50. The molecule has 3 aromatic rings. The van der Waals surface area contributed by atoms with E-state index < -0.39 is 12.0 Å². The Bertz CT molecular complexity index is 1210. The molecule has 2 fully saturated rings. The molecule has 1 saturated carbocycles. The first kappa shape index (κ1) is 21.1. The van der Waals surface area contributed by atoms with Crippen molar-refractivity contribution in [2.45, 2.75) is 44.1 Å². The average Bonchev–Trinajstić information content (AvgIpc) is 3.40. The van der Waals surface area contributed by atoms with Crippen molar-refractivity contribution in [1.29, 1.82) is 0 Å². The van der Waals surface area contributed by atoms with E-state index in [4.69, 9.17) is 9.47 Å². The molecule has 178 valence electrons. The number of nitrogens with zero attached hydrogens (tertiary/aromatic N) is 6. The normalized spacial score (nSPS) is 20.8. The second-order valence-corrected chi connectivity index (χ2v) is 9.06. The number of anilines is 3. The average molecular weight is 469 g/mol. The van der Waals surface area contributed by atoms with Crippen molar-refractivity contribution in [2.75, 3.05) is 30.5 Å². The summed E-state index contributed by atoms with van der Waals surface area (Å²) in [6.45, 7) is 0.150. The number of hydrogen-bond donors (Lipinski definition) is 1. The zero-order valence-electron chi connectivity index (χ0n) is 18.7. The molecule has 34 heavy (non-hydrogen) atoms. The van der Waals surface area contributed by atoms with E-state index in [1.807, 2.05) is 10.8 Å². The number of alkyl halides is 2. The van der Waals surface area contributed by atoms with Crippen molar-refractivity contribution in [3.8, 4) is 17.3 Å². The molecule has 3 aliphatic rings. The van der Waals surface area contributed by atoms with Crippen molar-refractivity contribution in [3.63, 3.8) is 0 Å². The molecule has 0 spiro atoms. The maximum atomic E-state index is 14.2. The predicted molar refractivity (Wildman–Crippen MR) is 120 cm³/mol. The van der Waals surface area contributed by atoms with Gasteiger partial charge in [-0.05, 0) is 12.3 Å². The molecular formula is C23H25F2N7O2. The molecule has 3 aromatic heterocycles. The number of nitrogens with one attached hydrogen (secondary N) is 1. The van der Waals surface area contributed by atoms with Crippen LogP contribution in [0.5, 0.6) is 11.5 Å². The number of methoxy groups -OCH3 is 1. The summed E-state index contributed by atoms with van der Waals surface area (Å²) in [5, 5.41) is 3.10. The molecule has 0 bridgehead atoms. The van der Waals surface area contributed by atoms with Gasteiger partial charge in [0.25, 0.3) is 5.92 Å². The van der Waals surface area contributed by atoms with Gasteiger partial charge in [0.2, 0.25) is 5.95 Å². The molecule has 11 heteroatoms. The fourth-order valence-corrected chi connectivity index (χ4v) is 4.74. The second kappa shape index (κ2) is 8.07. The van der Waals surface area contributed by atoms with E-state index >= 15 is 0 Å². The quantitative estimate of drug-likeness (QED) is 0.584. The first-order valence-electron chi connectivity index (χ1n) is 11.5. The zero-order valence-corrected chi connectivity index (χ0v) is 18.7. The van der Waals surface area contributed by atoms with Gasteiger partial charge in [-0.25, -0.2) is 23.7 Å². The summed E-state index contributed by atoms with van der Waals surface area (Å²) in [5.41, 5.74) is 1.65. The van der Waals surface area contributed by atoms with Gasteiger partial charge < -0.3 is 19.7 Å². The highest BCUT2D eigenvalue weighted by molar-refractivity contribution is 5.62. The van der Waals surface area contributed by atoms with E-state index in [1.54, 1.807) is 30.6 Å². The van der Waals surface area contributed by atoms with Crippen LogP contribution in [0.15, 0.2) is 31.0 Å². The summed E-state index contributed by atoms with van der Waals surface area (Å²) >= 11 is 0. The van der Waals surface area contributed by atoms with Gasteiger partial charge in [0.1, 0.15) is 19.0 Å². The molecule has 6 rings (SSSR count). The fourth-order valence-electron chi connectivity index (χ4n) is 4.74. The Morgan fingerprint density at radius 2 is 2.09 bits per heavy atom. The van der Waals surface area contributed by atoms with Crippen LogP contribution in [0.3, 0.4) is 0 Å². The molecule has 1 saturated heterocycles. The van der Waals surface area contributed by atoms with Crippen LogP contribution in [-0.4, -0.2) is 56.7 Å². The van der Waals surface area contributed by atoms with E-state index in [0.29, 0.717) is 28.8 Å². The Morgan fingerprint density at radius 1 is 1.21 bits per heavy atom. The first-order chi connectivity index (χ1) is 16.5. The molecule has 1 aliphatic carbocycles. The highest BCUT2D eigenvalue weighted by atomic mass is 19.3. The van der Waals surface area contributed by atoms with Gasteiger partial charge >= 0.3 is 0 Å². The van der Waals surface area contributed by atoms with Crippen molar-refractivity contribution in [2.24, 2.45) is 5.92 Å². The van der Waals surface area contributed by atoms with E-state index in [1.165, 1.54) is 25.5 Å². The maximum Gasteiger partial charge on any atom is 0.273 e. The Kier molecular flexibility index (Phi) is 5.00. The van der Waals surface area contributed by atoms with Crippen LogP contribution in [0.25, 0.3) is 5.82 Å². The third kappa shape index (κ3) is 3.68. The molecule has 9 nitrogen and oxygen atoms in total. The highest BCUT2D eigenvalue weighted by Crippen LogP contribution is 2.43. The van der Waals surface area contributed by atoms with Crippen molar-refractivity contribution in [1.82, 2.24) is 24.5 Å². The van der Waals surface area contributed by atoms with Crippen LogP contribution in [0.2, 0.25) is 0 Å². The lowest BCUT2D eigenvalue weighted by atomic mass is 9.82. The van der Waals surface area contributed by atoms with Crippen molar-refractivity contribution in [3.05, 3.63) is 36.7 Å². The highest BCUT2D eigenvalue weighted by Gasteiger charge is 2.52. The summed E-state index contributed by atoms with van der Waals surface area (Å²) < 4.78 is 41.2. The minimum Gasteiger partial charge on any atom is -0.493 e. The molecule has 0 aromatic carbocycles. The third-order valence-corrected chi connectivity index (χ3v) is 6.87. The summed E-state index contributed by atoms with van der Waals surface area (Å²) in [7, 11) is 1.58. The SMILES string of the molecule is COc1cc(Nc2ncc3c(n2)N2CCC(F)(F)C2CO3)cnc1-n1cnc(CC2CCC2)c1. The van der Waals surface area contributed by atoms with Crippen molar-refractivity contribution >= 4 is 17.5 Å². The van der Waals surface area contributed by atoms with E-state index in [0.717, 1.165) is 18.0 Å². The minimum absolute atomic E-state index is 0.0741. The number of fused-ring (bicyclic) bond motifs is 3. The van der Waals surface area contributed by atoms with Gasteiger partial charge in [0, 0.05) is 25.2 Å². The Morgan fingerprint density at radius 3 is 2.88 bits per heavy atom. The smallest absolute Gasteiger partial charge is 0.273 e. The molecule has 0 amide bonds. The van der Waals surface area contributed by atoms with Gasteiger partial charge in [-0.1, -0.05) is 19.3 Å². The number of halogens is 2. The van der Waals surface area contributed by atoms with E-state index in [-0.39, 0.29) is 25.5 Å². The number of ether oxygens (including phenoxy) is 2. The molecule has 0 radical (unpaired) electrons. The monoisotopic (exact) mass is 469 g/mol. The summed E-state index contributed by atoms with van der Waals surface area (Å²) in [5.74, 6) is 0.159. The number of rotatable bonds is 6. The molecule has 1 atom stereocenters. The Labute approximate surface area is 195 Å². The van der Waals surface area contributed by atoms with Gasteiger partial charge in [-0.3, -0.25) is 4.57 Å². The van der Waals surface area contributed by atoms with Crippen LogP contribution in [0, 0.1) is 5.92 Å². The standard InChI is InChI=1S/C23H25F2N7O2/c1-33-17-8-15(9-26-20(17)31-11-16(28-13-31)7-14-3-2-4-14)29-22-27-10-18-21(30-22)32-6-5-23(24,25)19(32)12-34-18/h8-11,13-14,19H,2-7,12H2,1H3,(H,27,29,30). The topological polar surface area (TPSA) is 90.2 Å². The number of hydrogen-bond acceptors (Lipinski definition) is 8. The van der Waals surface area contributed by atoms with Gasteiger partial charge in [-0.2, -0.15) is 4.98 Å². The number of aromatic nitrogens is 5. The lowest BCUT2D eigenvalue weighted by Gasteiger charge is -2.33. The first-order valence-corrected chi connectivity index (χ1v) is 11.5. The largest absolute Gasteiger partial charge is 0.493 e. The van der Waals surface area contributed by atoms with E-state index in [2.05, 4.69) is 25.3 Å². The predicted octanol–water partition coefficient (Wildman–Crippen LogP) is 3.76. The van der Waals surface area contributed by atoms with Crippen LogP contribution >= 0.6 is 0 Å². The van der Waals surface area contributed by atoms with Gasteiger partial charge in [0.15, 0.2) is 23.1 Å². The van der Waals surface area contributed by atoms with Gasteiger partial charge in [0.05, 0.1) is 30.9 Å². The zero-order chi connectivity index (χ0) is 23.3. The summed E-state index contributed by atoms with van der Waals surface area (Å²) in [4.78, 5) is 19.4. The van der Waals surface area contributed by atoms with Crippen LogP contribution in [0.4, 0.5) is 26.2 Å². The summed E-state index contributed by atoms with van der Waals surface area (Å²) in [6.07, 6.45) is 11.5. The number of pyridine rings is 1. The molecule has 1 N–H and O–H groups in total. The summed E-state index contributed by atoms with van der Waals surface area (Å²) in [6, 6.07) is 0.785. The lowest BCUT2D eigenvalue weighted by Crippen LogP contribution is -2.46. The lowest BCUT2D eigenvalue weighted by molar-refractivity contribution is -0.0213.